The van der Waals surface area contributed by atoms with Crippen LogP contribution in [0.5, 0.6) is 11.8 Å². The molecule has 11 nitrogen and oxygen atoms in total. The number of pyridine rings is 1. The predicted octanol–water partition coefficient (Wildman–Crippen LogP) is 5.44. The third-order valence-electron chi connectivity index (χ3n) is 5.02. The van der Waals surface area contributed by atoms with Crippen LogP contribution in [0.4, 0.5) is 22.0 Å². The van der Waals surface area contributed by atoms with Crippen LogP contribution in [0.3, 0.4) is 0 Å². The van der Waals surface area contributed by atoms with Crippen molar-refractivity contribution in [3.63, 3.8) is 0 Å². The maximum absolute atomic E-state index is 12.6. The van der Waals surface area contributed by atoms with E-state index in [1.807, 2.05) is 12.1 Å². The molecule has 0 aliphatic heterocycles. The first-order chi connectivity index (χ1) is 17.9. The maximum Gasteiger partial charge on any atom is 0.323 e. The molecule has 0 aliphatic carbocycles. The first kappa shape index (κ1) is 24.0. The SMILES string of the molecule is Nc1ncc(Cl)cc1-c1ccc(Oc2ncc(NC(=O)Nc3cc(Cl)ccc3-n3ccnn3)cn2)cc1. The molecule has 0 atom stereocenters. The molecule has 3 heterocycles. The van der Waals surface area contributed by atoms with Crippen molar-refractivity contribution in [2.24, 2.45) is 0 Å². The molecule has 0 saturated carbocycles. The van der Waals surface area contributed by atoms with Crippen molar-refractivity contribution in [3.8, 4) is 28.6 Å². The van der Waals surface area contributed by atoms with Crippen LogP contribution in [0.25, 0.3) is 16.8 Å². The summed E-state index contributed by atoms with van der Waals surface area (Å²) in [5, 5.41) is 14.1. The Morgan fingerprint density at radius 3 is 2.43 bits per heavy atom. The van der Waals surface area contributed by atoms with Crippen LogP contribution >= 0.6 is 23.2 Å². The lowest BCUT2D eigenvalue weighted by atomic mass is 10.1. The zero-order valence-corrected chi connectivity index (χ0v) is 20.4. The number of aromatic nitrogens is 6. The van der Waals surface area contributed by atoms with Crippen LogP contribution < -0.4 is 21.1 Å². The van der Waals surface area contributed by atoms with Crippen molar-refractivity contribution >= 4 is 46.4 Å². The van der Waals surface area contributed by atoms with E-state index in [-0.39, 0.29) is 6.01 Å². The van der Waals surface area contributed by atoms with Crippen LogP contribution in [0.15, 0.2) is 79.5 Å². The largest absolute Gasteiger partial charge is 0.424 e. The molecular formula is C24H17Cl2N9O2. The number of urea groups is 1. The third-order valence-corrected chi connectivity index (χ3v) is 5.46. The van der Waals surface area contributed by atoms with Crippen molar-refractivity contribution < 1.29 is 9.53 Å². The second kappa shape index (κ2) is 10.5. The summed E-state index contributed by atoms with van der Waals surface area (Å²) in [6.45, 7) is 0. The van der Waals surface area contributed by atoms with Gasteiger partial charge in [-0.2, -0.15) is 0 Å². The highest BCUT2D eigenvalue weighted by molar-refractivity contribution is 6.31. The Kier molecular flexibility index (Phi) is 6.79. The molecule has 37 heavy (non-hydrogen) atoms. The first-order valence-electron chi connectivity index (χ1n) is 10.7. The molecule has 0 fully saturated rings. The van der Waals surface area contributed by atoms with Gasteiger partial charge in [-0.15, -0.1) is 5.10 Å². The quantitative estimate of drug-likeness (QED) is 0.261. The fourth-order valence-electron chi connectivity index (χ4n) is 3.35. The highest BCUT2D eigenvalue weighted by atomic mass is 35.5. The molecule has 0 bridgehead atoms. The number of anilines is 3. The van der Waals surface area contributed by atoms with E-state index >= 15 is 0 Å². The summed E-state index contributed by atoms with van der Waals surface area (Å²) < 4.78 is 7.20. The number of halogens is 2. The number of benzene rings is 2. The Balaban J connectivity index is 1.22. The number of nitrogens with one attached hydrogen (secondary N) is 2. The average Bonchev–Trinajstić information content (AvgIpc) is 3.42. The van der Waals surface area contributed by atoms with E-state index in [9.17, 15) is 4.79 Å². The second-order valence-electron chi connectivity index (χ2n) is 7.56. The molecule has 0 unspecified atom stereocenters. The number of rotatable bonds is 6. The Hall–Kier alpha value is -4.74. The van der Waals surface area contributed by atoms with E-state index in [1.54, 1.807) is 42.6 Å². The summed E-state index contributed by atoms with van der Waals surface area (Å²) in [6, 6.07) is 13.5. The first-order valence-corrected chi connectivity index (χ1v) is 11.5. The lowest BCUT2D eigenvalue weighted by Gasteiger charge is -2.12. The van der Waals surface area contributed by atoms with Crippen molar-refractivity contribution in [1.29, 1.82) is 0 Å². The van der Waals surface area contributed by atoms with Crippen LogP contribution in [0.1, 0.15) is 0 Å². The molecule has 2 aromatic carbocycles. The van der Waals surface area contributed by atoms with Gasteiger partial charge in [-0.3, -0.25) is 0 Å². The summed E-state index contributed by atoms with van der Waals surface area (Å²) in [6.07, 6.45) is 7.51. The van der Waals surface area contributed by atoms with Gasteiger partial charge in [0.2, 0.25) is 0 Å². The average molecular weight is 534 g/mol. The van der Waals surface area contributed by atoms with E-state index < -0.39 is 6.03 Å². The lowest BCUT2D eigenvalue weighted by molar-refractivity contribution is 0.262. The van der Waals surface area contributed by atoms with E-state index in [1.165, 1.54) is 29.5 Å². The van der Waals surface area contributed by atoms with Crippen LogP contribution in [0, 0.1) is 0 Å². The number of ether oxygens (including phenoxy) is 1. The summed E-state index contributed by atoms with van der Waals surface area (Å²) in [5.74, 6) is 0.885. The van der Waals surface area contributed by atoms with Gasteiger partial charge < -0.3 is 21.1 Å². The zero-order valence-electron chi connectivity index (χ0n) is 18.8. The molecule has 0 spiro atoms. The number of hydrogen-bond acceptors (Lipinski definition) is 8. The topological polar surface area (TPSA) is 146 Å². The number of hydrogen-bond donors (Lipinski definition) is 3. The lowest BCUT2D eigenvalue weighted by Crippen LogP contribution is -2.20. The molecule has 2 amide bonds. The molecule has 0 aliphatic rings. The van der Waals surface area contributed by atoms with E-state index in [0.29, 0.717) is 38.7 Å². The van der Waals surface area contributed by atoms with Crippen molar-refractivity contribution in [1.82, 2.24) is 29.9 Å². The van der Waals surface area contributed by atoms with Gasteiger partial charge in [0.25, 0.3) is 0 Å². The minimum absolute atomic E-state index is 0.103. The van der Waals surface area contributed by atoms with E-state index in [0.717, 1.165) is 11.1 Å². The number of carbonyl (C=O) groups is 1. The van der Waals surface area contributed by atoms with E-state index in [2.05, 4.69) is 35.9 Å². The molecule has 4 N–H and O–H groups in total. The molecule has 0 radical (unpaired) electrons. The number of nitrogens with zero attached hydrogens (tertiary/aromatic N) is 6. The number of nitrogen functional groups attached to an aromatic ring is 1. The fraction of sp³-hybridized carbons (Fsp3) is 0. The molecule has 184 valence electrons. The maximum atomic E-state index is 12.6. The molecular weight excluding hydrogens is 517 g/mol. The predicted molar refractivity (Wildman–Crippen MR) is 140 cm³/mol. The molecule has 13 heteroatoms. The molecule has 0 saturated heterocycles. The normalized spacial score (nSPS) is 10.6. The smallest absolute Gasteiger partial charge is 0.323 e. The Morgan fingerprint density at radius 1 is 0.919 bits per heavy atom. The Morgan fingerprint density at radius 2 is 1.70 bits per heavy atom. The van der Waals surface area contributed by atoms with Crippen molar-refractivity contribution in [2.45, 2.75) is 0 Å². The Bertz CT molecular complexity index is 1540. The van der Waals surface area contributed by atoms with Gasteiger partial charge in [0, 0.05) is 16.8 Å². The number of nitrogens with two attached hydrogens (primary N) is 1. The van der Waals surface area contributed by atoms with Gasteiger partial charge >= 0.3 is 12.0 Å². The van der Waals surface area contributed by atoms with Gasteiger partial charge in [-0.1, -0.05) is 40.5 Å². The third kappa shape index (κ3) is 5.74. The molecule has 5 rings (SSSR count). The van der Waals surface area contributed by atoms with Gasteiger partial charge in [0.15, 0.2) is 0 Å². The standard InChI is InChI=1S/C24H17Cl2N9O2/c25-15-3-6-21(35-8-7-31-34-35)20(10-15)33-23(36)32-17-12-29-24(30-13-17)37-18-4-1-14(2-5-18)19-9-16(26)11-28-22(19)27/h1-13H,(H2,27,28)(H2,32,33,36). The number of carbonyl (C=O) groups excluding carboxylic acids is 1. The minimum atomic E-state index is -0.522. The summed E-state index contributed by atoms with van der Waals surface area (Å²) in [5.41, 5.74) is 8.88. The fourth-order valence-corrected chi connectivity index (χ4v) is 3.68. The van der Waals surface area contributed by atoms with E-state index in [4.69, 9.17) is 33.7 Å². The van der Waals surface area contributed by atoms with Crippen LogP contribution in [0.2, 0.25) is 10.0 Å². The number of amides is 2. The van der Waals surface area contributed by atoms with Gasteiger partial charge in [0.1, 0.15) is 11.6 Å². The zero-order chi connectivity index (χ0) is 25.8. The van der Waals surface area contributed by atoms with Gasteiger partial charge in [-0.25, -0.2) is 24.4 Å². The van der Waals surface area contributed by atoms with Crippen LogP contribution in [-0.4, -0.2) is 36.0 Å². The molecule has 3 aromatic heterocycles. The minimum Gasteiger partial charge on any atom is -0.424 e. The summed E-state index contributed by atoms with van der Waals surface area (Å²) in [4.78, 5) is 24.9. The monoisotopic (exact) mass is 533 g/mol. The van der Waals surface area contributed by atoms with Gasteiger partial charge in [-0.05, 0) is 42.0 Å². The highest BCUT2D eigenvalue weighted by Gasteiger charge is 2.12. The van der Waals surface area contributed by atoms with Gasteiger partial charge in [0.05, 0.1) is 46.9 Å². The van der Waals surface area contributed by atoms with Crippen molar-refractivity contribution in [3.05, 3.63) is 89.6 Å². The van der Waals surface area contributed by atoms with Crippen molar-refractivity contribution in [2.75, 3.05) is 16.4 Å². The summed E-state index contributed by atoms with van der Waals surface area (Å²) >= 11 is 12.1. The summed E-state index contributed by atoms with van der Waals surface area (Å²) in [7, 11) is 0. The highest BCUT2D eigenvalue weighted by Crippen LogP contribution is 2.29. The van der Waals surface area contributed by atoms with Crippen LogP contribution in [-0.2, 0) is 0 Å². The molecule has 5 aromatic rings. The Labute approximate surface area is 220 Å². The second-order valence-corrected chi connectivity index (χ2v) is 8.43.